The Morgan fingerprint density at radius 3 is 2.38 bits per heavy atom. The average Bonchev–Trinajstić information content (AvgIpc) is 2.25. The molecule has 0 unspecified atom stereocenters. The van der Waals surface area contributed by atoms with Gasteiger partial charge < -0.3 is 10.5 Å². The van der Waals surface area contributed by atoms with Crippen LogP contribution in [0.2, 0.25) is 0 Å². The van der Waals surface area contributed by atoms with Crippen molar-refractivity contribution in [2.75, 3.05) is 7.11 Å². The number of hydrogen-bond donors (Lipinski definition) is 1. The fraction of sp³-hybridized carbons (Fsp3) is 0.571. The van der Waals surface area contributed by atoms with Gasteiger partial charge in [0.25, 0.3) is 0 Å². The van der Waals surface area contributed by atoms with Gasteiger partial charge in [0.15, 0.2) is 0 Å². The molecule has 1 fully saturated rings. The summed E-state index contributed by atoms with van der Waals surface area (Å²) in [5, 5.41) is 0. The second-order valence-electron chi connectivity index (χ2n) is 5.16. The van der Waals surface area contributed by atoms with E-state index in [4.69, 9.17) is 10.5 Å². The van der Waals surface area contributed by atoms with Crippen molar-refractivity contribution in [3.63, 3.8) is 0 Å². The van der Waals surface area contributed by atoms with Crippen LogP contribution in [0.5, 0.6) is 5.75 Å². The third-order valence-corrected chi connectivity index (χ3v) is 3.65. The molecule has 1 aliphatic carbocycles. The standard InChI is InChI=1S/C14H21NO/c1-10(2)11-7-12(9-13(8-11)16-3)14(15)5-4-6-14/h7-10H,4-6,15H2,1-3H3. The second-order valence-corrected chi connectivity index (χ2v) is 5.16. The molecule has 2 heteroatoms. The number of hydrogen-bond acceptors (Lipinski definition) is 2. The topological polar surface area (TPSA) is 35.2 Å². The van der Waals surface area contributed by atoms with Crippen LogP contribution in [0.25, 0.3) is 0 Å². The first-order chi connectivity index (χ1) is 7.55. The van der Waals surface area contributed by atoms with Crippen LogP contribution in [-0.4, -0.2) is 7.11 Å². The van der Waals surface area contributed by atoms with Crippen LogP contribution in [0.4, 0.5) is 0 Å². The molecule has 0 heterocycles. The molecule has 0 atom stereocenters. The third-order valence-electron chi connectivity index (χ3n) is 3.65. The summed E-state index contributed by atoms with van der Waals surface area (Å²) in [6.45, 7) is 4.39. The lowest BCUT2D eigenvalue weighted by Gasteiger charge is -2.39. The van der Waals surface area contributed by atoms with Gasteiger partial charge in [0, 0.05) is 5.54 Å². The minimum atomic E-state index is -0.0990. The molecule has 0 saturated heterocycles. The highest BCUT2D eigenvalue weighted by atomic mass is 16.5. The number of methoxy groups -OCH3 is 1. The molecular weight excluding hydrogens is 198 g/mol. The quantitative estimate of drug-likeness (QED) is 0.847. The molecule has 0 aromatic heterocycles. The van der Waals surface area contributed by atoms with Gasteiger partial charge in [0.2, 0.25) is 0 Å². The molecule has 2 rings (SSSR count). The molecule has 2 nitrogen and oxygen atoms in total. The highest BCUT2D eigenvalue weighted by Crippen LogP contribution is 2.40. The maximum Gasteiger partial charge on any atom is 0.119 e. The summed E-state index contributed by atoms with van der Waals surface area (Å²) >= 11 is 0. The molecule has 0 radical (unpaired) electrons. The normalized spacial score (nSPS) is 18.3. The zero-order chi connectivity index (χ0) is 11.8. The summed E-state index contributed by atoms with van der Waals surface area (Å²) in [4.78, 5) is 0. The Morgan fingerprint density at radius 1 is 1.25 bits per heavy atom. The van der Waals surface area contributed by atoms with Crippen molar-refractivity contribution in [3.05, 3.63) is 29.3 Å². The molecule has 0 aliphatic heterocycles. The molecule has 0 bridgehead atoms. The summed E-state index contributed by atoms with van der Waals surface area (Å²) in [5.74, 6) is 1.44. The highest BCUT2D eigenvalue weighted by Gasteiger charge is 2.34. The first-order valence-electron chi connectivity index (χ1n) is 6.03. The molecule has 1 aromatic rings. The van der Waals surface area contributed by atoms with Crippen molar-refractivity contribution in [1.82, 2.24) is 0 Å². The van der Waals surface area contributed by atoms with E-state index in [1.165, 1.54) is 17.5 Å². The summed E-state index contributed by atoms with van der Waals surface area (Å²) in [5.41, 5.74) is 8.81. The van der Waals surface area contributed by atoms with Gasteiger partial charge in [-0.15, -0.1) is 0 Å². The summed E-state index contributed by atoms with van der Waals surface area (Å²) in [6, 6.07) is 6.44. The Balaban J connectivity index is 2.40. The Kier molecular flexibility index (Phi) is 2.94. The van der Waals surface area contributed by atoms with Crippen molar-refractivity contribution in [3.8, 4) is 5.75 Å². The summed E-state index contributed by atoms with van der Waals surface area (Å²) < 4.78 is 5.35. The van der Waals surface area contributed by atoms with Gasteiger partial charge in [-0.05, 0) is 48.4 Å². The smallest absolute Gasteiger partial charge is 0.119 e. The van der Waals surface area contributed by atoms with Crippen LogP contribution in [0, 0.1) is 0 Å². The average molecular weight is 219 g/mol. The largest absolute Gasteiger partial charge is 0.497 e. The highest BCUT2D eigenvalue weighted by molar-refractivity contribution is 5.40. The molecular formula is C14H21NO. The van der Waals surface area contributed by atoms with E-state index in [0.29, 0.717) is 5.92 Å². The first kappa shape index (κ1) is 11.5. The number of nitrogens with two attached hydrogens (primary N) is 1. The van der Waals surface area contributed by atoms with E-state index >= 15 is 0 Å². The van der Waals surface area contributed by atoms with Gasteiger partial charge in [-0.3, -0.25) is 0 Å². The second kappa shape index (κ2) is 4.10. The Morgan fingerprint density at radius 2 is 1.94 bits per heavy atom. The van der Waals surface area contributed by atoms with Crippen LogP contribution < -0.4 is 10.5 Å². The predicted molar refractivity (Wildman–Crippen MR) is 66.8 cm³/mol. The van der Waals surface area contributed by atoms with Crippen molar-refractivity contribution < 1.29 is 4.74 Å². The minimum Gasteiger partial charge on any atom is -0.497 e. The van der Waals surface area contributed by atoms with Gasteiger partial charge in [-0.2, -0.15) is 0 Å². The van der Waals surface area contributed by atoms with Crippen molar-refractivity contribution in [2.24, 2.45) is 5.73 Å². The minimum absolute atomic E-state index is 0.0990. The van der Waals surface area contributed by atoms with Crippen molar-refractivity contribution in [1.29, 1.82) is 0 Å². The SMILES string of the molecule is COc1cc(C(C)C)cc(C2(N)CCC2)c1. The maximum absolute atomic E-state index is 6.36. The molecule has 16 heavy (non-hydrogen) atoms. The van der Waals surface area contributed by atoms with E-state index in [2.05, 4.69) is 32.0 Å². The first-order valence-corrected chi connectivity index (χ1v) is 6.03. The Labute approximate surface area is 97.8 Å². The van der Waals surface area contributed by atoms with Crippen molar-refractivity contribution in [2.45, 2.75) is 44.6 Å². The van der Waals surface area contributed by atoms with Crippen LogP contribution in [0.15, 0.2) is 18.2 Å². The predicted octanol–water partition coefficient (Wildman–Crippen LogP) is 3.16. The fourth-order valence-corrected chi connectivity index (χ4v) is 2.21. The number of benzene rings is 1. The van der Waals surface area contributed by atoms with E-state index in [0.717, 1.165) is 18.6 Å². The zero-order valence-corrected chi connectivity index (χ0v) is 10.4. The maximum atomic E-state index is 6.36. The Bertz CT molecular complexity index is 380. The molecule has 1 aliphatic rings. The van der Waals surface area contributed by atoms with Crippen LogP contribution >= 0.6 is 0 Å². The molecule has 88 valence electrons. The molecule has 1 saturated carbocycles. The lowest BCUT2D eigenvalue weighted by Crippen LogP contribution is -2.43. The number of rotatable bonds is 3. The van der Waals surface area contributed by atoms with Gasteiger partial charge >= 0.3 is 0 Å². The van der Waals surface area contributed by atoms with Gasteiger partial charge in [0.1, 0.15) is 5.75 Å². The fourth-order valence-electron chi connectivity index (χ4n) is 2.21. The molecule has 2 N–H and O–H groups in total. The summed E-state index contributed by atoms with van der Waals surface area (Å²) in [6.07, 6.45) is 3.43. The third kappa shape index (κ3) is 1.94. The van der Waals surface area contributed by atoms with Gasteiger partial charge in [-0.25, -0.2) is 0 Å². The molecule has 0 amide bonds. The van der Waals surface area contributed by atoms with E-state index in [9.17, 15) is 0 Å². The van der Waals surface area contributed by atoms with E-state index < -0.39 is 0 Å². The van der Waals surface area contributed by atoms with Crippen LogP contribution in [0.3, 0.4) is 0 Å². The van der Waals surface area contributed by atoms with Gasteiger partial charge in [0.05, 0.1) is 7.11 Å². The number of ether oxygens (including phenoxy) is 1. The molecule has 1 aromatic carbocycles. The van der Waals surface area contributed by atoms with Crippen LogP contribution in [-0.2, 0) is 5.54 Å². The van der Waals surface area contributed by atoms with E-state index in [1.807, 2.05) is 0 Å². The van der Waals surface area contributed by atoms with E-state index in [-0.39, 0.29) is 5.54 Å². The summed E-state index contributed by atoms with van der Waals surface area (Å²) in [7, 11) is 1.72. The van der Waals surface area contributed by atoms with Gasteiger partial charge in [-0.1, -0.05) is 19.9 Å². The lowest BCUT2D eigenvalue weighted by atomic mass is 9.72. The monoisotopic (exact) mass is 219 g/mol. The van der Waals surface area contributed by atoms with E-state index in [1.54, 1.807) is 7.11 Å². The molecule has 0 spiro atoms. The lowest BCUT2D eigenvalue weighted by molar-refractivity contribution is 0.252. The Hall–Kier alpha value is -1.02. The van der Waals surface area contributed by atoms with Crippen LogP contribution in [0.1, 0.15) is 50.2 Å². The zero-order valence-electron chi connectivity index (χ0n) is 10.4. The van der Waals surface area contributed by atoms with Crippen molar-refractivity contribution >= 4 is 0 Å².